The van der Waals surface area contributed by atoms with Gasteiger partial charge in [0.05, 0.1) is 0 Å². The van der Waals surface area contributed by atoms with Gasteiger partial charge in [-0.2, -0.15) is 0 Å². The summed E-state index contributed by atoms with van der Waals surface area (Å²) in [5, 5.41) is 8.59. The number of fused-ring (bicyclic) bond motifs is 1. The van der Waals surface area contributed by atoms with Crippen LogP contribution in [0.3, 0.4) is 0 Å². The largest absolute Gasteiger partial charge is 0.478 e. The molecule has 0 aromatic rings. The Morgan fingerprint density at radius 2 is 2.46 bits per heavy atom. The monoisotopic (exact) mass is 178 g/mol. The second kappa shape index (κ2) is 3.02. The molecule has 2 aliphatic rings. The van der Waals surface area contributed by atoms with Gasteiger partial charge in [0.15, 0.2) is 0 Å². The molecular weight excluding hydrogens is 164 g/mol. The average molecular weight is 178 g/mol. The molecule has 2 rings (SSSR count). The Bertz CT molecular complexity index is 299. The van der Waals surface area contributed by atoms with Crippen LogP contribution in [0.25, 0.3) is 0 Å². The molecule has 0 heterocycles. The van der Waals surface area contributed by atoms with E-state index in [9.17, 15) is 4.79 Å². The predicted octanol–water partition coefficient (Wildman–Crippen LogP) is 2.37. The number of allylic oxidation sites excluding steroid dienone is 3. The van der Waals surface area contributed by atoms with Crippen LogP contribution >= 0.6 is 0 Å². The number of aliphatic carboxylic acids is 1. The summed E-state index contributed by atoms with van der Waals surface area (Å²) >= 11 is 0. The van der Waals surface area contributed by atoms with Crippen LogP contribution in [-0.4, -0.2) is 11.1 Å². The first-order valence-corrected chi connectivity index (χ1v) is 4.83. The number of rotatable bonds is 2. The fraction of sp³-hybridized carbons (Fsp3) is 0.545. The average Bonchev–Trinajstić information content (AvgIpc) is 2.38. The first kappa shape index (κ1) is 8.54. The van der Waals surface area contributed by atoms with Crippen molar-refractivity contribution in [1.29, 1.82) is 0 Å². The molecule has 0 saturated heterocycles. The van der Waals surface area contributed by atoms with Crippen molar-refractivity contribution in [3.63, 3.8) is 0 Å². The predicted molar refractivity (Wildman–Crippen MR) is 50.3 cm³/mol. The molecule has 2 atom stereocenters. The molecule has 0 radical (unpaired) electrons. The van der Waals surface area contributed by atoms with E-state index >= 15 is 0 Å². The topological polar surface area (TPSA) is 37.3 Å². The Kier molecular flexibility index (Phi) is 1.98. The standard InChI is InChI=1S/C11H14O2/c1-2-7-3-8-5-9(6-11(12)13)10(8)4-7/h4,6,8,10H,2-3,5H2,1H3,(H,12,13)/b9-6-/t8-,10-/m1/s1. The lowest BCUT2D eigenvalue weighted by atomic mass is 9.71. The van der Waals surface area contributed by atoms with E-state index in [1.807, 2.05) is 0 Å². The van der Waals surface area contributed by atoms with Crippen LogP contribution in [-0.2, 0) is 4.79 Å². The molecule has 1 N–H and O–H groups in total. The maximum atomic E-state index is 10.4. The highest BCUT2D eigenvalue weighted by atomic mass is 16.4. The SMILES string of the molecule is CCC1=C[C@H]2/C(=C\C(=O)O)C[C@H]2C1. The van der Waals surface area contributed by atoms with Crippen molar-refractivity contribution in [2.75, 3.05) is 0 Å². The Morgan fingerprint density at radius 1 is 1.69 bits per heavy atom. The first-order valence-electron chi connectivity index (χ1n) is 4.83. The van der Waals surface area contributed by atoms with Crippen molar-refractivity contribution in [2.24, 2.45) is 11.8 Å². The molecule has 0 unspecified atom stereocenters. The Morgan fingerprint density at radius 3 is 3.08 bits per heavy atom. The van der Waals surface area contributed by atoms with Gasteiger partial charge < -0.3 is 5.11 Å². The first-order chi connectivity index (χ1) is 6.20. The van der Waals surface area contributed by atoms with Crippen LogP contribution in [0.15, 0.2) is 23.3 Å². The minimum absolute atomic E-state index is 0.464. The number of carboxylic acids is 1. The zero-order valence-corrected chi connectivity index (χ0v) is 7.79. The summed E-state index contributed by atoms with van der Waals surface area (Å²) in [6.45, 7) is 2.16. The van der Waals surface area contributed by atoms with Crippen molar-refractivity contribution in [3.05, 3.63) is 23.3 Å². The Labute approximate surface area is 78.0 Å². The van der Waals surface area contributed by atoms with Crippen LogP contribution in [0.5, 0.6) is 0 Å². The van der Waals surface area contributed by atoms with E-state index in [0.29, 0.717) is 5.92 Å². The van der Waals surface area contributed by atoms with Crippen LogP contribution < -0.4 is 0 Å². The lowest BCUT2D eigenvalue weighted by Gasteiger charge is -2.33. The van der Waals surface area contributed by atoms with Gasteiger partial charge in [0, 0.05) is 12.0 Å². The second-order valence-corrected chi connectivity index (χ2v) is 3.93. The van der Waals surface area contributed by atoms with E-state index in [1.165, 1.54) is 18.1 Å². The quantitative estimate of drug-likeness (QED) is 0.520. The molecule has 0 aromatic carbocycles. The van der Waals surface area contributed by atoms with E-state index in [0.717, 1.165) is 24.3 Å². The molecule has 0 aromatic heterocycles. The molecule has 2 nitrogen and oxygen atoms in total. The third-order valence-electron chi connectivity index (χ3n) is 3.14. The molecule has 1 saturated carbocycles. The van der Waals surface area contributed by atoms with Gasteiger partial charge in [-0.05, 0) is 25.2 Å². The summed E-state index contributed by atoms with van der Waals surface area (Å²) in [6.07, 6.45) is 6.96. The highest BCUT2D eigenvalue weighted by Crippen LogP contribution is 2.49. The molecular formula is C11H14O2. The van der Waals surface area contributed by atoms with Crippen LogP contribution in [0.1, 0.15) is 26.2 Å². The summed E-state index contributed by atoms with van der Waals surface area (Å²) in [4.78, 5) is 10.4. The van der Waals surface area contributed by atoms with Crippen molar-refractivity contribution >= 4 is 5.97 Å². The third kappa shape index (κ3) is 1.41. The molecule has 0 spiro atoms. The molecule has 0 aliphatic heterocycles. The van der Waals surface area contributed by atoms with Gasteiger partial charge in [-0.25, -0.2) is 4.79 Å². The van der Waals surface area contributed by atoms with E-state index in [1.54, 1.807) is 0 Å². The van der Waals surface area contributed by atoms with Crippen molar-refractivity contribution in [3.8, 4) is 0 Å². The Balaban J connectivity index is 2.09. The van der Waals surface area contributed by atoms with Crippen LogP contribution in [0.2, 0.25) is 0 Å². The van der Waals surface area contributed by atoms with Gasteiger partial charge in [-0.3, -0.25) is 0 Å². The van der Waals surface area contributed by atoms with Crippen molar-refractivity contribution in [2.45, 2.75) is 26.2 Å². The minimum Gasteiger partial charge on any atom is -0.478 e. The van der Waals surface area contributed by atoms with Gasteiger partial charge in [-0.1, -0.05) is 24.1 Å². The van der Waals surface area contributed by atoms with E-state index in [2.05, 4.69) is 13.0 Å². The van der Waals surface area contributed by atoms with Crippen LogP contribution in [0.4, 0.5) is 0 Å². The zero-order chi connectivity index (χ0) is 9.42. The highest BCUT2D eigenvalue weighted by Gasteiger charge is 2.38. The van der Waals surface area contributed by atoms with E-state index in [-0.39, 0.29) is 0 Å². The minimum atomic E-state index is -0.799. The number of carbonyl (C=O) groups is 1. The third-order valence-corrected chi connectivity index (χ3v) is 3.14. The second-order valence-electron chi connectivity index (χ2n) is 3.93. The normalized spacial score (nSPS) is 33.9. The molecule has 13 heavy (non-hydrogen) atoms. The van der Waals surface area contributed by atoms with Gasteiger partial charge in [-0.15, -0.1) is 0 Å². The number of hydrogen-bond acceptors (Lipinski definition) is 1. The summed E-state index contributed by atoms with van der Waals surface area (Å²) < 4.78 is 0. The highest BCUT2D eigenvalue weighted by molar-refractivity contribution is 5.81. The molecule has 2 aliphatic carbocycles. The fourth-order valence-corrected chi connectivity index (χ4v) is 2.38. The van der Waals surface area contributed by atoms with Gasteiger partial charge >= 0.3 is 5.97 Å². The van der Waals surface area contributed by atoms with Gasteiger partial charge in [0.25, 0.3) is 0 Å². The maximum absolute atomic E-state index is 10.4. The summed E-state index contributed by atoms with van der Waals surface area (Å²) in [7, 11) is 0. The summed E-state index contributed by atoms with van der Waals surface area (Å²) in [5.41, 5.74) is 2.62. The van der Waals surface area contributed by atoms with Crippen molar-refractivity contribution < 1.29 is 9.90 Å². The lowest BCUT2D eigenvalue weighted by molar-refractivity contribution is -0.131. The lowest BCUT2D eigenvalue weighted by Crippen LogP contribution is -2.24. The van der Waals surface area contributed by atoms with Gasteiger partial charge in [0.1, 0.15) is 0 Å². The van der Waals surface area contributed by atoms with Crippen molar-refractivity contribution in [1.82, 2.24) is 0 Å². The molecule has 0 bridgehead atoms. The van der Waals surface area contributed by atoms with E-state index in [4.69, 9.17) is 5.11 Å². The van der Waals surface area contributed by atoms with Gasteiger partial charge in [0.2, 0.25) is 0 Å². The maximum Gasteiger partial charge on any atom is 0.328 e. The smallest absolute Gasteiger partial charge is 0.328 e. The number of carboxylic acid groups (broad SMARTS) is 1. The fourth-order valence-electron chi connectivity index (χ4n) is 2.38. The molecule has 2 heteroatoms. The Hall–Kier alpha value is -1.05. The zero-order valence-electron chi connectivity index (χ0n) is 7.79. The molecule has 70 valence electrons. The van der Waals surface area contributed by atoms with Crippen LogP contribution in [0, 0.1) is 11.8 Å². The summed E-state index contributed by atoms with van der Waals surface area (Å²) in [5.74, 6) is 0.387. The molecule has 1 fully saturated rings. The molecule has 0 amide bonds. The number of hydrogen-bond donors (Lipinski definition) is 1. The van der Waals surface area contributed by atoms with E-state index < -0.39 is 5.97 Å². The summed E-state index contributed by atoms with van der Waals surface area (Å²) in [6, 6.07) is 0.